The molecule has 0 heterocycles. The van der Waals surface area contributed by atoms with Gasteiger partial charge >= 0.3 is 0 Å². The lowest BCUT2D eigenvalue weighted by atomic mass is 10.1. The Morgan fingerprint density at radius 1 is 0.857 bits per heavy atom. The maximum absolute atomic E-state index is 13.9. The summed E-state index contributed by atoms with van der Waals surface area (Å²) in [7, 11) is 0. The van der Waals surface area contributed by atoms with Gasteiger partial charge in [0.05, 0.1) is 6.42 Å². The van der Waals surface area contributed by atoms with Gasteiger partial charge in [0.2, 0.25) is 0 Å². The van der Waals surface area contributed by atoms with Crippen LogP contribution in [0.15, 0.2) is 94.8 Å². The molecule has 2 aromatic rings. The second-order valence-electron chi connectivity index (χ2n) is 5.94. The van der Waals surface area contributed by atoms with E-state index < -0.39 is 0 Å². The van der Waals surface area contributed by atoms with Crippen molar-refractivity contribution in [2.75, 3.05) is 0 Å². The molecule has 0 atom stereocenters. The molecule has 28 heavy (non-hydrogen) atoms. The van der Waals surface area contributed by atoms with Crippen molar-refractivity contribution in [3.8, 4) is 0 Å². The van der Waals surface area contributed by atoms with Crippen LogP contribution in [0, 0.1) is 0 Å². The van der Waals surface area contributed by atoms with Crippen molar-refractivity contribution in [2.45, 2.75) is 25.7 Å². The van der Waals surface area contributed by atoms with Gasteiger partial charge in [-0.25, -0.2) is 8.78 Å². The Bertz CT molecular complexity index is 832. The van der Waals surface area contributed by atoms with E-state index in [-0.39, 0.29) is 43.2 Å². The van der Waals surface area contributed by atoms with Crippen molar-refractivity contribution in [1.29, 1.82) is 0 Å². The molecule has 0 aliphatic rings. The molecule has 0 spiro atoms. The van der Waals surface area contributed by atoms with Crippen LogP contribution in [-0.4, -0.2) is 17.3 Å². The van der Waals surface area contributed by atoms with E-state index in [0.29, 0.717) is 0 Å². The second-order valence-corrected chi connectivity index (χ2v) is 5.94. The van der Waals surface area contributed by atoms with E-state index in [9.17, 15) is 8.78 Å². The molecule has 0 amide bonds. The Morgan fingerprint density at radius 3 is 1.93 bits per heavy atom. The molecule has 0 unspecified atom stereocenters. The predicted molar refractivity (Wildman–Crippen MR) is 107 cm³/mol. The number of hydrogen-bond donors (Lipinski definition) is 1. The molecule has 1 N–H and O–H groups in total. The zero-order chi connectivity index (χ0) is 20.0. The first kappa shape index (κ1) is 21.0. The fourth-order valence-corrected chi connectivity index (χ4v) is 2.34. The van der Waals surface area contributed by atoms with Gasteiger partial charge in [0.15, 0.2) is 0 Å². The molecular formula is C22H22F2N2O2. The Morgan fingerprint density at radius 2 is 1.39 bits per heavy atom. The summed E-state index contributed by atoms with van der Waals surface area (Å²) >= 11 is 0. The van der Waals surface area contributed by atoms with Gasteiger partial charge in [-0.3, -0.25) is 0 Å². The Hall–Kier alpha value is -3.28. The minimum Gasteiger partial charge on any atom is -0.408 e. The summed E-state index contributed by atoms with van der Waals surface area (Å²) in [6, 6.07) is 18.4. The smallest absolute Gasteiger partial charge is 0.264 e. The molecule has 0 bridgehead atoms. The number of benzene rings is 2. The number of nitrogens with zero attached hydrogens (tertiary/aromatic N) is 2. The first-order valence-corrected chi connectivity index (χ1v) is 8.84. The first-order chi connectivity index (χ1) is 13.7. The maximum Gasteiger partial charge on any atom is 0.264 e. The number of hydrogen-bond acceptors (Lipinski definition) is 4. The van der Waals surface area contributed by atoms with Crippen molar-refractivity contribution in [3.63, 3.8) is 0 Å². The van der Waals surface area contributed by atoms with Crippen LogP contribution in [0.2, 0.25) is 0 Å². The highest BCUT2D eigenvalue weighted by Crippen LogP contribution is 2.11. The summed E-state index contributed by atoms with van der Waals surface area (Å²) in [4.78, 5) is 4.90. The molecule has 0 saturated heterocycles. The van der Waals surface area contributed by atoms with Gasteiger partial charge in [-0.15, -0.1) is 0 Å². The SMILES string of the molecule is ON=C(CC=C(F)Cc1ccccc1)ON=CCC=C(F)Cc1ccccc1. The molecular weight excluding hydrogens is 362 g/mol. The van der Waals surface area contributed by atoms with E-state index in [1.807, 2.05) is 60.7 Å². The third-order valence-electron chi connectivity index (χ3n) is 3.72. The molecule has 0 aromatic heterocycles. The Kier molecular flexibility index (Phi) is 9.14. The van der Waals surface area contributed by atoms with Gasteiger partial charge < -0.3 is 10.0 Å². The first-order valence-electron chi connectivity index (χ1n) is 8.84. The highest BCUT2D eigenvalue weighted by Gasteiger charge is 2.03. The largest absolute Gasteiger partial charge is 0.408 e. The van der Waals surface area contributed by atoms with Crippen LogP contribution >= 0.6 is 0 Å². The lowest BCUT2D eigenvalue weighted by molar-refractivity contribution is 0.260. The van der Waals surface area contributed by atoms with E-state index in [4.69, 9.17) is 10.0 Å². The van der Waals surface area contributed by atoms with Crippen LogP contribution in [0.1, 0.15) is 24.0 Å². The molecule has 2 aromatic carbocycles. The van der Waals surface area contributed by atoms with Gasteiger partial charge in [0.1, 0.15) is 11.7 Å². The molecule has 4 nitrogen and oxygen atoms in total. The second kappa shape index (κ2) is 12.2. The number of allylic oxidation sites excluding steroid dienone is 3. The van der Waals surface area contributed by atoms with Crippen LogP contribution in [-0.2, 0) is 17.7 Å². The summed E-state index contributed by atoms with van der Waals surface area (Å²) in [5.41, 5.74) is 1.71. The van der Waals surface area contributed by atoms with Crippen LogP contribution in [0.3, 0.4) is 0 Å². The molecule has 2 rings (SSSR count). The standard InChI is InChI=1S/C22H22F2N2O2/c23-20(16-18-8-3-1-4-9-18)12-7-15-25-28-22(26-27)14-13-21(24)17-19-10-5-2-6-11-19/h1-6,8-13,15,27H,7,14,16-17H2. The van der Waals surface area contributed by atoms with Gasteiger partial charge in [0, 0.05) is 25.5 Å². The van der Waals surface area contributed by atoms with Crippen LogP contribution < -0.4 is 0 Å². The van der Waals surface area contributed by atoms with Gasteiger partial charge in [-0.05, 0) is 23.3 Å². The van der Waals surface area contributed by atoms with E-state index >= 15 is 0 Å². The van der Waals surface area contributed by atoms with Crippen molar-refractivity contribution >= 4 is 12.1 Å². The maximum atomic E-state index is 13.9. The van der Waals surface area contributed by atoms with Crippen molar-refractivity contribution in [1.82, 2.24) is 0 Å². The van der Waals surface area contributed by atoms with E-state index in [0.717, 1.165) is 11.1 Å². The van der Waals surface area contributed by atoms with Crippen molar-refractivity contribution < 1.29 is 18.8 Å². The topological polar surface area (TPSA) is 54.2 Å². The van der Waals surface area contributed by atoms with Crippen molar-refractivity contribution in [2.24, 2.45) is 10.3 Å². The highest BCUT2D eigenvalue weighted by atomic mass is 19.1. The molecule has 0 radical (unpaired) electrons. The average molecular weight is 384 g/mol. The zero-order valence-corrected chi connectivity index (χ0v) is 15.3. The fourth-order valence-electron chi connectivity index (χ4n) is 2.34. The van der Waals surface area contributed by atoms with E-state index in [1.54, 1.807) is 0 Å². The fraction of sp³-hybridized carbons (Fsp3) is 0.182. The lowest BCUT2D eigenvalue weighted by Crippen LogP contribution is -2.00. The number of halogens is 2. The molecule has 0 aliphatic carbocycles. The van der Waals surface area contributed by atoms with Gasteiger partial charge in [0.25, 0.3) is 5.90 Å². The van der Waals surface area contributed by atoms with Crippen LogP contribution in [0.25, 0.3) is 0 Å². The molecule has 146 valence electrons. The monoisotopic (exact) mass is 384 g/mol. The summed E-state index contributed by atoms with van der Waals surface area (Å²) in [6.07, 6.45) is 4.50. The summed E-state index contributed by atoms with van der Waals surface area (Å²) in [5, 5.41) is 15.4. The van der Waals surface area contributed by atoms with Gasteiger partial charge in [-0.2, -0.15) is 0 Å². The van der Waals surface area contributed by atoms with E-state index in [2.05, 4.69) is 10.3 Å². The predicted octanol–water partition coefficient (Wildman–Crippen LogP) is 5.75. The minimum atomic E-state index is -0.370. The Labute approximate surface area is 163 Å². The molecule has 6 heteroatoms. The van der Waals surface area contributed by atoms with Crippen molar-refractivity contribution in [3.05, 3.63) is 95.6 Å². The minimum absolute atomic E-state index is 0.0509. The third-order valence-corrected chi connectivity index (χ3v) is 3.72. The summed E-state index contributed by atoms with van der Waals surface area (Å²) < 4.78 is 27.7. The average Bonchev–Trinajstić information content (AvgIpc) is 2.71. The molecule has 0 aliphatic heterocycles. The van der Waals surface area contributed by atoms with Crippen LogP contribution in [0.5, 0.6) is 0 Å². The Balaban J connectivity index is 1.73. The lowest BCUT2D eigenvalue weighted by Gasteiger charge is -2.00. The highest BCUT2D eigenvalue weighted by molar-refractivity contribution is 5.77. The third kappa shape index (κ3) is 8.40. The normalized spacial score (nSPS) is 13.1. The summed E-state index contributed by atoms with van der Waals surface area (Å²) in [5.74, 6) is -0.807. The summed E-state index contributed by atoms with van der Waals surface area (Å²) in [6.45, 7) is 0. The zero-order valence-electron chi connectivity index (χ0n) is 15.3. The molecule has 0 saturated carbocycles. The number of rotatable bonds is 9. The quantitative estimate of drug-likeness (QED) is 0.259. The molecule has 0 fully saturated rings. The number of oxime groups is 2. The van der Waals surface area contributed by atoms with E-state index in [1.165, 1.54) is 18.4 Å². The van der Waals surface area contributed by atoms with Gasteiger partial charge in [-0.1, -0.05) is 71.0 Å². The van der Waals surface area contributed by atoms with Crippen LogP contribution in [0.4, 0.5) is 8.78 Å².